The summed E-state index contributed by atoms with van der Waals surface area (Å²) in [5.74, 6) is -1.79. The lowest BCUT2D eigenvalue weighted by molar-refractivity contribution is -0.141. The summed E-state index contributed by atoms with van der Waals surface area (Å²) in [6, 6.07) is 7.76. The number of rotatable bonds is 5. The lowest BCUT2D eigenvalue weighted by Crippen LogP contribution is -2.30. The number of carbonyl (C=O) groups is 2. The fraction of sp³-hybridized carbons (Fsp3) is 0.286. The van der Waals surface area contributed by atoms with Gasteiger partial charge >= 0.3 is 5.97 Å². The fourth-order valence-corrected chi connectivity index (χ4v) is 1.35. The van der Waals surface area contributed by atoms with E-state index >= 15 is 0 Å². The Morgan fingerprint density at radius 2 is 2.17 bits per heavy atom. The van der Waals surface area contributed by atoms with Crippen molar-refractivity contribution in [3.63, 3.8) is 0 Å². The normalized spacial score (nSPS) is 12.3. The number of nitrogens with one attached hydrogen (secondary N) is 1. The quantitative estimate of drug-likeness (QED) is 0.780. The average molecular weight is 247 g/mol. The van der Waals surface area contributed by atoms with Gasteiger partial charge in [0.2, 0.25) is 5.91 Å². The minimum atomic E-state index is -0.919. The van der Waals surface area contributed by atoms with Gasteiger partial charge in [0.1, 0.15) is 0 Å². The summed E-state index contributed by atoms with van der Waals surface area (Å²) in [7, 11) is 0. The van der Waals surface area contributed by atoms with Crippen LogP contribution in [0.25, 0.3) is 6.08 Å². The van der Waals surface area contributed by atoms with E-state index in [-0.39, 0.29) is 12.5 Å². The molecule has 1 unspecified atom stereocenters. The first-order valence-electron chi connectivity index (χ1n) is 5.74. The first kappa shape index (κ1) is 14.0. The molecule has 96 valence electrons. The maximum absolute atomic E-state index is 11.4. The molecule has 18 heavy (non-hydrogen) atoms. The molecule has 0 fully saturated rings. The zero-order valence-corrected chi connectivity index (χ0v) is 10.5. The van der Waals surface area contributed by atoms with E-state index in [0.29, 0.717) is 0 Å². The Bertz CT molecular complexity index is 466. The molecule has 0 aromatic heterocycles. The van der Waals surface area contributed by atoms with Gasteiger partial charge in [0, 0.05) is 12.6 Å². The summed E-state index contributed by atoms with van der Waals surface area (Å²) < 4.78 is 0. The van der Waals surface area contributed by atoms with Crippen LogP contribution in [0.4, 0.5) is 0 Å². The molecule has 4 nitrogen and oxygen atoms in total. The van der Waals surface area contributed by atoms with Crippen molar-refractivity contribution in [1.29, 1.82) is 0 Å². The monoisotopic (exact) mass is 247 g/mol. The maximum atomic E-state index is 11.4. The molecule has 1 atom stereocenters. The van der Waals surface area contributed by atoms with Gasteiger partial charge in [-0.1, -0.05) is 36.8 Å². The standard InChI is InChI=1S/C14H17NO3/c1-10-4-3-5-12(8-10)6-7-13(16)15-9-11(2)14(17)18/h3-8,11H,9H2,1-2H3,(H,15,16)(H,17,18). The van der Waals surface area contributed by atoms with Crippen molar-refractivity contribution in [2.45, 2.75) is 13.8 Å². The number of carboxylic acids is 1. The van der Waals surface area contributed by atoms with Crippen LogP contribution in [0.2, 0.25) is 0 Å². The van der Waals surface area contributed by atoms with Crippen LogP contribution in [0.15, 0.2) is 30.3 Å². The van der Waals surface area contributed by atoms with Crippen LogP contribution >= 0.6 is 0 Å². The van der Waals surface area contributed by atoms with Crippen LogP contribution in [0.1, 0.15) is 18.1 Å². The van der Waals surface area contributed by atoms with E-state index in [1.165, 1.54) is 6.08 Å². The molecule has 0 saturated heterocycles. The van der Waals surface area contributed by atoms with Crippen molar-refractivity contribution >= 4 is 18.0 Å². The molecular weight excluding hydrogens is 230 g/mol. The summed E-state index contributed by atoms with van der Waals surface area (Å²) in [5.41, 5.74) is 2.06. The van der Waals surface area contributed by atoms with Crippen LogP contribution < -0.4 is 5.32 Å². The smallest absolute Gasteiger partial charge is 0.308 e. The summed E-state index contributed by atoms with van der Waals surface area (Å²) in [5, 5.41) is 11.2. The van der Waals surface area contributed by atoms with E-state index in [0.717, 1.165) is 11.1 Å². The van der Waals surface area contributed by atoms with E-state index < -0.39 is 11.9 Å². The van der Waals surface area contributed by atoms with E-state index in [1.807, 2.05) is 31.2 Å². The first-order chi connectivity index (χ1) is 8.49. The average Bonchev–Trinajstić information content (AvgIpc) is 2.33. The lowest BCUT2D eigenvalue weighted by Gasteiger charge is -2.05. The molecule has 0 bridgehead atoms. The van der Waals surface area contributed by atoms with Gasteiger partial charge in [0.05, 0.1) is 5.92 Å². The van der Waals surface area contributed by atoms with Gasteiger partial charge in [0.15, 0.2) is 0 Å². The second-order valence-electron chi connectivity index (χ2n) is 4.23. The Hall–Kier alpha value is -2.10. The molecule has 1 aromatic rings. The zero-order valence-electron chi connectivity index (χ0n) is 10.5. The predicted molar refractivity (Wildman–Crippen MR) is 70.0 cm³/mol. The molecular formula is C14H17NO3. The van der Waals surface area contributed by atoms with Gasteiger partial charge < -0.3 is 10.4 Å². The van der Waals surface area contributed by atoms with Crippen LogP contribution in [0, 0.1) is 12.8 Å². The third-order valence-electron chi connectivity index (χ3n) is 2.47. The molecule has 0 aliphatic rings. The van der Waals surface area contributed by atoms with Crippen molar-refractivity contribution < 1.29 is 14.7 Å². The molecule has 4 heteroatoms. The van der Waals surface area contributed by atoms with Crippen LogP contribution in [0.5, 0.6) is 0 Å². The van der Waals surface area contributed by atoms with Crippen LogP contribution in [-0.4, -0.2) is 23.5 Å². The Kier molecular flexibility index (Phi) is 5.11. The Morgan fingerprint density at radius 3 is 2.78 bits per heavy atom. The van der Waals surface area contributed by atoms with Gasteiger partial charge in [0.25, 0.3) is 0 Å². The Balaban J connectivity index is 2.47. The summed E-state index contributed by atoms with van der Waals surface area (Å²) in [4.78, 5) is 22.0. The van der Waals surface area contributed by atoms with E-state index in [9.17, 15) is 9.59 Å². The predicted octanol–water partition coefficient (Wildman–Crippen LogP) is 1.85. The number of hydrogen-bond acceptors (Lipinski definition) is 2. The number of hydrogen-bond donors (Lipinski definition) is 2. The fourth-order valence-electron chi connectivity index (χ4n) is 1.35. The molecule has 2 N–H and O–H groups in total. The minimum Gasteiger partial charge on any atom is -0.481 e. The number of benzene rings is 1. The van der Waals surface area contributed by atoms with Gasteiger partial charge in [-0.2, -0.15) is 0 Å². The molecule has 0 spiro atoms. The van der Waals surface area contributed by atoms with Gasteiger partial charge in [-0.05, 0) is 18.6 Å². The maximum Gasteiger partial charge on any atom is 0.308 e. The highest BCUT2D eigenvalue weighted by molar-refractivity contribution is 5.91. The van der Waals surface area contributed by atoms with Gasteiger partial charge in [-0.25, -0.2) is 0 Å². The summed E-state index contributed by atoms with van der Waals surface area (Å²) >= 11 is 0. The second kappa shape index (κ2) is 6.59. The SMILES string of the molecule is Cc1cccc(C=CC(=O)NCC(C)C(=O)O)c1. The molecule has 0 radical (unpaired) electrons. The van der Waals surface area contributed by atoms with E-state index in [4.69, 9.17) is 5.11 Å². The number of aliphatic carboxylic acids is 1. The Labute approximate surface area is 106 Å². The van der Waals surface area contributed by atoms with Crippen LogP contribution in [-0.2, 0) is 9.59 Å². The lowest BCUT2D eigenvalue weighted by atomic mass is 10.1. The number of aryl methyl sites for hydroxylation is 1. The minimum absolute atomic E-state index is 0.131. The van der Waals surface area contributed by atoms with Gasteiger partial charge in [-0.3, -0.25) is 9.59 Å². The third-order valence-corrected chi connectivity index (χ3v) is 2.47. The molecule has 0 heterocycles. The highest BCUT2D eigenvalue weighted by atomic mass is 16.4. The highest BCUT2D eigenvalue weighted by Crippen LogP contribution is 2.05. The first-order valence-corrected chi connectivity index (χ1v) is 5.74. The highest BCUT2D eigenvalue weighted by Gasteiger charge is 2.10. The molecule has 1 rings (SSSR count). The van der Waals surface area contributed by atoms with Crippen molar-refractivity contribution in [2.75, 3.05) is 6.54 Å². The zero-order chi connectivity index (χ0) is 13.5. The third kappa shape index (κ3) is 4.82. The van der Waals surface area contributed by atoms with Crippen molar-refractivity contribution in [1.82, 2.24) is 5.32 Å². The second-order valence-corrected chi connectivity index (χ2v) is 4.23. The number of carboxylic acid groups (broad SMARTS) is 1. The molecule has 0 aliphatic heterocycles. The largest absolute Gasteiger partial charge is 0.481 e. The summed E-state index contributed by atoms with van der Waals surface area (Å²) in [6.45, 7) is 3.66. The molecule has 0 aliphatic carbocycles. The van der Waals surface area contributed by atoms with Crippen molar-refractivity contribution in [3.8, 4) is 0 Å². The van der Waals surface area contributed by atoms with Crippen molar-refractivity contribution in [3.05, 3.63) is 41.5 Å². The molecule has 0 saturated carbocycles. The van der Waals surface area contributed by atoms with Crippen LogP contribution in [0.3, 0.4) is 0 Å². The number of amides is 1. The topological polar surface area (TPSA) is 66.4 Å². The molecule has 1 aromatic carbocycles. The Morgan fingerprint density at radius 1 is 1.44 bits per heavy atom. The van der Waals surface area contributed by atoms with Gasteiger partial charge in [-0.15, -0.1) is 0 Å². The number of carbonyl (C=O) groups excluding carboxylic acids is 1. The summed E-state index contributed by atoms with van der Waals surface area (Å²) in [6.07, 6.45) is 3.11. The van der Waals surface area contributed by atoms with E-state index in [1.54, 1.807) is 13.0 Å². The van der Waals surface area contributed by atoms with E-state index in [2.05, 4.69) is 5.32 Å². The molecule has 1 amide bonds. The van der Waals surface area contributed by atoms with Crippen molar-refractivity contribution in [2.24, 2.45) is 5.92 Å².